The summed E-state index contributed by atoms with van der Waals surface area (Å²) in [4.78, 5) is 49.2. The number of amides is 3. The number of benzene rings is 2. The molecule has 0 unspecified atom stereocenters. The molecule has 0 aliphatic carbocycles. The van der Waals surface area contributed by atoms with Gasteiger partial charge in [0.15, 0.2) is 0 Å². The molecule has 1 N–H and O–H groups in total. The van der Waals surface area contributed by atoms with Gasteiger partial charge in [-0.2, -0.15) is 0 Å². The smallest absolute Gasteiger partial charge is 0.306 e. The van der Waals surface area contributed by atoms with Crippen LogP contribution in [0, 0.1) is 0 Å². The first kappa shape index (κ1) is 17.6. The fraction of sp³-hybridized carbons (Fsp3) is 0.263. The summed E-state index contributed by atoms with van der Waals surface area (Å²) in [5, 5.41) is 3.97. The molecule has 2 aromatic carbocycles. The molecule has 0 aromatic heterocycles. The van der Waals surface area contributed by atoms with Crippen LogP contribution >= 0.6 is 0 Å². The van der Waals surface area contributed by atoms with Crippen LogP contribution in [0.4, 0.5) is 5.69 Å². The summed E-state index contributed by atoms with van der Waals surface area (Å²) in [7, 11) is 1.43. The van der Waals surface area contributed by atoms with Gasteiger partial charge in [0.05, 0.1) is 18.6 Å². The lowest BCUT2D eigenvalue weighted by atomic mass is 9.93. The minimum absolute atomic E-state index is 0.0135. The molecule has 7 nitrogen and oxygen atoms in total. The fourth-order valence-electron chi connectivity index (χ4n) is 2.97. The van der Waals surface area contributed by atoms with Crippen molar-refractivity contribution in [3.8, 4) is 0 Å². The molecule has 0 spiro atoms. The third-order valence-corrected chi connectivity index (χ3v) is 4.19. The summed E-state index contributed by atoms with van der Waals surface area (Å²) in [5.41, 5.74) is 1.26. The zero-order valence-corrected chi connectivity index (χ0v) is 14.5. The second kappa shape index (κ2) is 6.95. The maximum absolute atomic E-state index is 12.5. The van der Waals surface area contributed by atoms with E-state index >= 15 is 0 Å². The maximum atomic E-state index is 12.5. The van der Waals surface area contributed by atoms with Crippen LogP contribution in [-0.2, 0) is 14.3 Å². The highest BCUT2D eigenvalue weighted by Gasteiger charge is 2.30. The average molecular weight is 354 g/mol. The summed E-state index contributed by atoms with van der Waals surface area (Å²) in [6.07, 6.45) is -0.0288. The van der Waals surface area contributed by atoms with Crippen molar-refractivity contribution in [1.29, 1.82) is 0 Å². The van der Waals surface area contributed by atoms with Gasteiger partial charge in [-0.15, -0.1) is 0 Å². The van der Waals surface area contributed by atoms with Gasteiger partial charge in [-0.25, -0.2) is 0 Å². The van der Waals surface area contributed by atoms with E-state index in [1.54, 1.807) is 37.3 Å². The van der Waals surface area contributed by atoms with Crippen LogP contribution in [0.25, 0.3) is 10.8 Å². The van der Waals surface area contributed by atoms with Crippen molar-refractivity contribution in [2.75, 3.05) is 19.0 Å². The van der Waals surface area contributed by atoms with Crippen molar-refractivity contribution in [2.24, 2.45) is 0 Å². The number of hydrogen-bond acceptors (Lipinski definition) is 5. The minimum atomic E-state index is -0.434. The van der Waals surface area contributed by atoms with Gasteiger partial charge in [-0.1, -0.05) is 12.1 Å². The number of nitrogens with one attached hydrogen (secondary N) is 1. The number of anilines is 1. The highest BCUT2D eigenvalue weighted by atomic mass is 16.5. The number of ether oxygens (including phenoxy) is 1. The molecule has 0 saturated carbocycles. The molecule has 2 aromatic rings. The molecule has 134 valence electrons. The maximum Gasteiger partial charge on any atom is 0.306 e. The van der Waals surface area contributed by atoms with Gasteiger partial charge < -0.3 is 10.1 Å². The second-order valence-electron chi connectivity index (χ2n) is 5.95. The van der Waals surface area contributed by atoms with E-state index in [1.807, 2.05) is 0 Å². The Hall–Kier alpha value is -3.22. The Morgan fingerprint density at radius 2 is 1.81 bits per heavy atom. The molecular weight excluding hydrogens is 336 g/mol. The first-order valence-electron chi connectivity index (χ1n) is 8.27. The van der Waals surface area contributed by atoms with Crippen LogP contribution < -0.4 is 5.32 Å². The van der Waals surface area contributed by atoms with E-state index in [4.69, 9.17) is 4.74 Å². The lowest BCUT2D eigenvalue weighted by Crippen LogP contribution is -2.37. The van der Waals surface area contributed by atoms with Crippen LogP contribution in [0.3, 0.4) is 0 Å². The van der Waals surface area contributed by atoms with Gasteiger partial charge in [0.2, 0.25) is 5.91 Å². The summed E-state index contributed by atoms with van der Waals surface area (Å²) in [6.45, 7) is 1.97. The van der Waals surface area contributed by atoms with Crippen molar-refractivity contribution < 1.29 is 23.9 Å². The monoisotopic (exact) mass is 354 g/mol. The van der Waals surface area contributed by atoms with Crippen molar-refractivity contribution >= 4 is 40.2 Å². The Morgan fingerprint density at radius 1 is 1.08 bits per heavy atom. The summed E-state index contributed by atoms with van der Waals surface area (Å²) >= 11 is 0. The van der Waals surface area contributed by atoms with E-state index in [9.17, 15) is 19.2 Å². The van der Waals surface area contributed by atoms with Gasteiger partial charge in [-0.05, 0) is 30.5 Å². The van der Waals surface area contributed by atoms with Gasteiger partial charge in [0, 0.05) is 30.1 Å². The second-order valence-corrected chi connectivity index (χ2v) is 5.95. The zero-order chi connectivity index (χ0) is 18.8. The number of nitrogens with zero attached hydrogens (tertiary/aromatic N) is 1. The van der Waals surface area contributed by atoms with Crippen LogP contribution in [0.15, 0.2) is 30.3 Å². The summed E-state index contributed by atoms with van der Waals surface area (Å²) < 4.78 is 4.79. The Kier molecular flexibility index (Phi) is 4.71. The normalized spacial score (nSPS) is 13.1. The van der Waals surface area contributed by atoms with Gasteiger partial charge >= 0.3 is 5.97 Å². The van der Waals surface area contributed by atoms with Crippen LogP contribution in [0.2, 0.25) is 0 Å². The van der Waals surface area contributed by atoms with E-state index < -0.39 is 11.9 Å². The van der Waals surface area contributed by atoms with Gasteiger partial charge in [0.25, 0.3) is 11.8 Å². The first-order valence-corrected chi connectivity index (χ1v) is 8.27. The molecule has 0 saturated heterocycles. The number of imide groups is 1. The molecule has 1 aliphatic heterocycles. The molecular formula is C19H18N2O5. The highest BCUT2D eigenvalue weighted by molar-refractivity contribution is 6.26. The molecule has 26 heavy (non-hydrogen) atoms. The molecule has 3 amide bonds. The minimum Gasteiger partial charge on any atom is -0.466 e. The quantitative estimate of drug-likeness (QED) is 0.657. The van der Waals surface area contributed by atoms with Crippen molar-refractivity contribution in [1.82, 2.24) is 4.90 Å². The highest BCUT2D eigenvalue weighted by Crippen LogP contribution is 2.32. The summed E-state index contributed by atoms with van der Waals surface area (Å²) in [6, 6.07) is 8.45. The zero-order valence-electron chi connectivity index (χ0n) is 14.5. The molecule has 3 rings (SSSR count). The fourth-order valence-corrected chi connectivity index (χ4v) is 2.97. The number of carbonyl (C=O) groups is 4. The van der Waals surface area contributed by atoms with Crippen molar-refractivity contribution in [3.05, 3.63) is 41.5 Å². The van der Waals surface area contributed by atoms with Crippen LogP contribution in [0.5, 0.6) is 0 Å². The predicted octanol–water partition coefficient (Wildman–Crippen LogP) is 2.35. The third kappa shape index (κ3) is 3.15. The van der Waals surface area contributed by atoms with E-state index in [1.165, 1.54) is 7.05 Å². The van der Waals surface area contributed by atoms with Crippen LogP contribution in [-0.4, -0.2) is 42.2 Å². The van der Waals surface area contributed by atoms with Gasteiger partial charge in [0.1, 0.15) is 0 Å². The molecule has 7 heteroatoms. The van der Waals surface area contributed by atoms with Crippen molar-refractivity contribution in [3.63, 3.8) is 0 Å². The molecule has 0 bridgehead atoms. The van der Waals surface area contributed by atoms with E-state index in [-0.39, 0.29) is 31.3 Å². The molecule has 1 heterocycles. The molecule has 1 aliphatic rings. The number of hydrogen-bond donors (Lipinski definition) is 1. The summed E-state index contributed by atoms with van der Waals surface area (Å²) in [5.74, 6) is -1.55. The largest absolute Gasteiger partial charge is 0.466 e. The number of rotatable bonds is 5. The standard InChI is InChI=1S/C19H18N2O5/c1-3-26-16(23)8-7-15(22)20-12-9-11-5-4-6-13-17(11)14(10-12)19(25)21(2)18(13)24/h4-6,9-10H,3,7-8H2,1-2H3,(H,20,22). The topological polar surface area (TPSA) is 92.8 Å². The van der Waals surface area contributed by atoms with Gasteiger partial charge in [-0.3, -0.25) is 24.1 Å². The Balaban J connectivity index is 1.88. The molecule has 0 radical (unpaired) electrons. The Bertz CT molecular complexity index is 935. The first-order chi connectivity index (χ1) is 12.4. The van der Waals surface area contributed by atoms with Crippen LogP contribution in [0.1, 0.15) is 40.5 Å². The SMILES string of the molecule is CCOC(=O)CCC(=O)Nc1cc2c3c(cccc3c1)C(=O)N(C)C2=O. The predicted molar refractivity (Wildman–Crippen MR) is 94.9 cm³/mol. The van der Waals surface area contributed by atoms with E-state index in [0.717, 1.165) is 4.90 Å². The molecule has 0 atom stereocenters. The van der Waals surface area contributed by atoms with E-state index in [2.05, 4.69) is 5.32 Å². The molecule has 0 fully saturated rings. The van der Waals surface area contributed by atoms with E-state index in [0.29, 0.717) is 27.6 Å². The van der Waals surface area contributed by atoms with Crippen molar-refractivity contribution in [2.45, 2.75) is 19.8 Å². The average Bonchev–Trinajstić information content (AvgIpc) is 2.62. The lowest BCUT2D eigenvalue weighted by Gasteiger charge is -2.24. The lowest BCUT2D eigenvalue weighted by molar-refractivity contribution is -0.144. The number of carbonyl (C=O) groups excluding carboxylic acids is 4. The number of esters is 1. The Morgan fingerprint density at radius 3 is 2.54 bits per heavy atom. The Labute approximate surface area is 149 Å². The third-order valence-electron chi connectivity index (χ3n) is 4.19.